The van der Waals surface area contributed by atoms with Crippen LogP contribution in [0.15, 0.2) is 53.0 Å². The normalized spacial score (nSPS) is 12.2. The Morgan fingerprint density at radius 3 is 2.64 bits per heavy atom. The maximum absolute atomic E-state index is 11.4. The lowest BCUT2D eigenvalue weighted by Crippen LogP contribution is -2.15. The van der Waals surface area contributed by atoms with Gasteiger partial charge in [0.25, 0.3) is 0 Å². The van der Waals surface area contributed by atoms with Gasteiger partial charge in [-0.2, -0.15) is 0 Å². The Hall–Kier alpha value is -3.39. The molecule has 0 saturated carbocycles. The number of carboxylic acids is 1. The molecule has 0 bridgehead atoms. The van der Waals surface area contributed by atoms with E-state index in [1.165, 1.54) is 0 Å². The maximum Gasteiger partial charge on any atom is 0.336 e. The van der Waals surface area contributed by atoms with Gasteiger partial charge in [0.05, 0.1) is 17.1 Å². The molecule has 8 heteroatoms. The smallest absolute Gasteiger partial charge is 0.336 e. The van der Waals surface area contributed by atoms with E-state index >= 15 is 0 Å². The summed E-state index contributed by atoms with van der Waals surface area (Å²) in [6.07, 6.45) is 0. The first-order valence-electron chi connectivity index (χ1n) is 10.4. The number of hydrogen-bond acceptors (Lipinski definition) is 6. The van der Waals surface area contributed by atoms with Gasteiger partial charge < -0.3 is 29.4 Å². The van der Waals surface area contributed by atoms with Gasteiger partial charge >= 0.3 is 5.97 Å². The van der Waals surface area contributed by atoms with Crippen LogP contribution in [0.2, 0.25) is 0 Å². The van der Waals surface area contributed by atoms with Gasteiger partial charge in [-0.05, 0) is 75.9 Å². The Kier molecular flexibility index (Phi) is 6.93. The van der Waals surface area contributed by atoms with Gasteiger partial charge in [0.1, 0.15) is 19.8 Å². The van der Waals surface area contributed by atoms with E-state index in [1.54, 1.807) is 26.2 Å². The molecule has 7 nitrogen and oxygen atoms in total. The third-order valence-corrected chi connectivity index (χ3v) is 5.92. The van der Waals surface area contributed by atoms with Crippen LogP contribution in [0.1, 0.15) is 27.0 Å². The molecule has 0 fully saturated rings. The van der Waals surface area contributed by atoms with Gasteiger partial charge in [-0.1, -0.05) is 12.1 Å². The van der Waals surface area contributed by atoms with Crippen LogP contribution in [-0.4, -0.2) is 31.4 Å². The van der Waals surface area contributed by atoms with Gasteiger partial charge in [-0.15, -0.1) is 0 Å². The molecular formula is C25H24BrNO6. The second-order valence-electron chi connectivity index (χ2n) is 7.51. The monoisotopic (exact) mass is 513 g/mol. The molecule has 0 radical (unpaired) electrons. The van der Waals surface area contributed by atoms with Crippen molar-refractivity contribution in [2.24, 2.45) is 0 Å². The number of hydrogen-bond donors (Lipinski definition) is 2. The van der Waals surface area contributed by atoms with E-state index in [2.05, 4.69) is 21.2 Å². The molecule has 33 heavy (non-hydrogen) atoms. The summed E-state index contributed by atoms with van der Waals surface area (Å²) in [6.45, 7) is 3.70. The summed E-state index contributed by atoms with van der Waals surface area (Å²) >= 11 is 3.59. The van der Waals surface area contributed by atoms with E-state index in [-0.39, 0.29) is 5.56 Å². The van der Waals surface area contributed by atoms with E-state index < -0.39 is 5.97 Å². The highest BCUT2D eigenvalue weighted by molar-refractivity contribution is 9.10. The van der Waals surface area contributed by atoms with Crippen LogP contribution in [0.4, 0.5) is 5.69 Å². The van der Waals surface area contributed by atoms with Crippen molar-refractivity contribution in [2.45, 2.75) is 20.1 Å². The zero-order valence-corrected chi connectivity index (χ0v) is 19.9. The van der Waals surface area contributed by atoms with Crippen LogP contribution in [0.25, 0.3) is 0 Å². The molecule has 0 aromatic heterocycles. The first-order chi connectivity index (χ1) is 16.0. The van der Waals surface area contributed by atoms with Gasteiger partial charge in [0.15, 0.2) is 23.0 Å². The van der Waals surface area contributed by atoms with Crippen molar-refractivity contribution in [1.29, 1.82) is 0 Å². The standard InChI is InChI=1S/C25H24BrNO6/c1-15-18(25(28)29)4-3-5-20(15)27-13-17-10-19(26)24(23(12-17)30-2)33-14-16-6-7-21-22(11-16)32-9-8-31-21/h3-7,10-12,27H,8-9,13-14H2,1-2H3,(H,28,29). The van der Waals surface area contributed by atoms with Gasteiger partial charge in [-0.25, -0.2) is 4.79 Å². The van der Waals surface area contributed by atoms with Crippen LogP contribution in [0.5, 0.6) is 23.0 Å². The molecule has 0 amide bonds. The van der Waals surface area contributed by atoms with Crippen molar-refractivity contribution in [3.05, 3.63) is 75.3 Å². The van der Waals surface area contributed by atoms with E-state index in [1.807, 2.05) is 36.4 Å². The highest BCUT2D eigenvalue weighted by Crippen LogP contribution is 2.38. The fraction of sp³-hybridized carbons (Fsp3) is 0.240. The summed E-state index contributed by atoms with van der Waals surface area (Å²) in [6, 6.07) is 14.8. The lowest BCUT2D eigenvalue weighted by Gasteiger charge is -2.19. The third-order valence-electron chi connectivity index (χ3n) is 5.33. The van der Waals surface area contributed by atoms with E-state index in [9.17, 15) is 9.90 Å². The lowest BCUT2D eigenvalue weighted by atomic mass is 10.1. The molecule has 0 spiro atoms. The summed E-state index contributed by atoms with van der Waals surface area (Å²) in [5, 5.41) is 12.6. The van der Waals surface area contributed by atoms with Crippen molar-refractivity contribution in [3.8, 4) is 23.0 Å². The molecule has 3 aromatic carbocycles. The first-order valence-corrected chi connectivity index (χ1v) is 11.2. The lowest BCUT2D eigenvalue weighted by molar-refractivity contribution is 0.0696. The maximum atomic E-state index is 11.4. The van der Waals surface area contributed by atoms with E-state index in [0.29, 0.717) is 43.4 Å². The minimum absolute atomic E-state index is 0.279. The summed E-state index contributed by atoms with van der Waals surface area (Å²) in [4.78, 5) is 11.4. The minimum Gasteiger partial charge on any atom is -0.493 e. The van der Waals surface area contributed by atoms with Crippen LogP contribution in [0.3, 0.4) is 0 Å². The third kappa shape index (κ3) is 5.17. The fourth-order valence-electron chi connectivity index (χ4n) is 3.60. The number of rotatable bonds is 8. The molecule has 1 aliphatic rings. The van der Waals surface area contributed by atoms with Crippen LogP contribution >= 0.6 is 15.9 Å². The molecule has 1 heterocycles. The molecular weight excluding hydrogens is 490 g/mol. The molecule has 1 aliphatic heterocycles. The highest BCUT2D eigenvalue weighted by Gasteiger charge is 2.15. The highest BCUT2D eigenvalue weighted by atomic mass is 79.9. The van der Waals surface area contributed by atoms with Gasteiger partial charge in [0, 0.05) is 12.2 Å². The Labute approximate surface area is 200 Å². The number of anilines is 1. The second kappa shape index (κ2) is 10.0. The molecule has 0 aliphatic carbocycles. The van der Waals surface area contributed by atoms with Crippen LogP contribution in [-0.2, 0) is 13.2 Å². The van der Waals surface area contributed by atoms with E-state index in [0.717, 1.165) is 32.8 Å². The zero-order valence-electron chi connectivity index (χ0n) is 18.3. The van der Waals surface area contributed by atoms with Crippen molar-refractivity contribution in [3.63, 3.8) is 0 Å². The minimum atomic E-state index is -0.944. The molecule has 0 unspecified atom stereocenters. The zero-order chi connectivity index (χ0) is 23.4. The number of benzene rings is 3. The average Bonchev–Trinajstić information content (AvgIpc) is 2.82. The Balaban J connectivity index is 1.47. The first kappa shape index (κ1) is 22.8. The van der Waals surface area contributed by atoms with Gasteiger partial charge in [0.2, 0.25) is 0 Å². The van der Waals surface area contributed by atoms with Crippen molar-refractivity contribution in [1.82, 2.24) is 0 Å². The SMILES string of the molecule is COc1cc(CNc2cccc(C(=O)O)c2C)cc(Br)c1OCc1ccc2c(c1)OCCO2. The Morgan fingerprint density at radius 2 is 1.88 bits per heavy atom. The number of methoxy groups -OCH3 is 1. The number of fused-ring (bicyclic) bond motifs is 1. The summed E-state index contributed by atoms with van der Waals surface area (Å²) < 4.78 is 23.6. The Morgan fingerprint density at radius 1 is 1.09 bits per heavy atom. The number of nitrogens with one attached hydrogen (secondary N) is 1. The number of halogens is 1. The fourth-order valence-corrected chi connectivity index (χ4v) is 4.21. The number of aromatic carboxylic acids is 1. The van der Waals surface area contributed by atoms with E-state index in [4.69, 9.17) is 18.9 Å². The number of carbonyl (C=O) groups is 1. The number of ether oxygens (including phenoxy) is 4. The molecule has 4 rings (SSSR count). The molecule has 172 valence electrons. The van der Waals surface area contributed by atoms with Crippen molar-refractivity contribution >= 4 is 27.6 Å². The molecule has 2 N–H and O–H groups in total. The summed E-state index contributed by atoms with van der Waals surface area (Å²) in [7, 11) is 1.59. The predicted octanol–water partition coefficient (Wildman–Crippen LogP) is 5.43. The predicted molar refractivity (Wildman–Crippen MR) is 128 cm³/mol. The van der Waals surface area contributed by atoms with Gasteiger partial charge in [-0.3, -0.25) is 0 Å². The number of carboxylic acid groups (broad SMARTS) is 1. The second-order valence-corrected chi connectivity index (χ2v) is 8.37. The molecule has 0 saturated heterocycles. The quantitative estimate of drug-likeness (QED) is 0.415. The molecule has 3 aromatic rings. The summed E-state index contributed by atoms with van der Waals surface area (Å²) in [5.41, 5.74) is 3.64. The average molecular weight is 514 g/mol. The summed E-state index contributed by atoms with van der Waals surface area (Å²) in [5.74, 6) is 1.71. The Bertz CT molecular complexity index is 1180. The van der Waals surface area contributed by atoms with Crippen LogP contribution in [0, 0.1) is 6.92 Å². The molecule has 0 atom stereocenters. The largest absolute Gasteiger partial charge is 0.493 e. The van der Waals surface area contributed by atoms with Crippen molar-refractivity contribution < 1.29 is 28.8 Å². The van der Waals surface area contributed by atoms with Crippen molar-refractivity contribution in [2.75, 3.05) is 25.6 Å². The topological polar surface area (TPSA) is 86.3 Å². The van der Waals surface area contributed by atoms with Crippen LogP contribution < -0.4 is 24.3 Å².